The Morgan fingerprint density at radius 2 is 2.00 bits per heavy atom. The molecule has 0 spiro atoms. The van der Waals surface area contributed by atoms with Gasteiger partial charge in [0.15, 0.2) is 0 Å². The van der Waals surface area contributed by atoms with Crippen molar-refractivity contribution in [2.45, 2.75) is 13.1 Å². The molecular formula is C16H20N6O2. The van der Waals surface area contributed by atoms with Crippen LogP contribution in [-0.4, -0.2) is 58.3 Å². The molecule has 1 saturated heterocycles. The predicted octanol–water partition coefficient (Wildman–Crippen LogP) is 1.16. The fourth-order valence-electron chi connectivity index (χ4n) is 3.00. The van der Waals surface area contributed by atoms with Crippen LogP contribution in [0.1, 0.15) is 5.69 Å². The minimum absolute atomic E-state index is 0.108. The van der Waals surface area contributed by atoms with Crippen LogP contribution in [0.15, 0.2) is 30.9 Å². The lowest BCUT2D eigenvalue weighted by Gasteiger charge is -2.29. The average molecular weight is 328 g/mol. The minimum atomic E-state index is -0.108. The summed E-state index contributed by atoms with van der Waals surface area (Å²) in [4.78, 5) is 25.0. The number of amides is 2. The van der Waals surface area contributed by atoms with E-state index in [2.05, 4.69) is 24.8 Å². The molecule has 1 fully saturated rings. The molecule has 4 heterocycles. The Kier molecular flexibility index (Phi) is 4.04. The molecule has 4 rings (SSSR count). The Morgan fingerprint density at radius 1 is 1.12 bits per heavy atom. The second-order valence-corrected chi connectivity index (χ2v) is 5.93. The summed E-state index contributed by atoms with van der Waals surface area (Å²) < 4.78 is 7.42. The molecule has 2 aliphatic heterocycles. The van der Waals surface area contributed by atoms with Crippen molar-refractivity contribution in [2.24, 2.45) is 0 Å². The Labute approximate surface area is 140 Å². The summed E-state index contributed by atoms with van der Waals surface area (Å²) in [7, 11) is 0. The molecule has 2 aromatic heterocycles. The lowest BCUT2D eigenvalue weighted by molar-refractivity contribution is 0.122. The van der Waals surface area contributed by atoms with Crippen LogP contribution in [-0.2, 0) is 17.8 Å². The Bertz CT molecular complexity index is 708. The molecule has 0 aliphatic carbocycles. The third-order valence-electron chi connectivity index (χ3n) is 4.38. The van der Waals surface area contributed by atoms with E-state index in [9.17, 15) is 4.79 Å². The van der Waals surface area contributed by atoms with Gasteiger partial charge in [-0.25, -0.2) is 14.8 Å². The van der Waals surface area contributed by atoms with Gasteiger partial charge in [0.25, 0.3) is 0 Å². The minimum Gasteiger partial charge on any atom is -0.378 e. The monoisotopic (exact) mass is 328 g/mol. The number of imidazole rings is 1. The van der Waals surface area contributed by atoms with Crippen molar-refractivity contribution in [3.8, 4) is 0 Å². The first-order valence-electron chi connectivity index (χ1n) is 8.13. The van der Waals surface area contributed by atoms with Crippen molar-refractivity contribution >= 4 is 17.5 Å². The number of morpholine rings is 1. The van der Waals surface area contributed by atoms with Gasteiger partial charge in [0, 0.05) is 32.4 Å². The Morgan fingerprint density at radius 3 is 2.79 bits per heavy atom. The molecule has 2 aromatic rings. The largest absolute Gasteiger partial charge is 0.378 e. The number of fused-ring (bicyclic) bond motifs is 1. The zero-order valence-electron chi connectivity index (χ0n) is 13.4. The summed E-state index contributed by atoms with van der Waals surface area (Å²) in [6.45, 7) is 5.17. The van der Waals surface area contributed by atoms with Crippen LogP contribution in [0.4, 0.5) is 16.3 Å². The van der Waals surface area contributed by atoms with Gasteiger partial charge in [-0.05, 0) is 12.1 Å². The van der Waals surface area contributed by atoms with E-state index in [1.54, 1.807) is 23.6 Å². The number of urea groups is 1. The molecule has 0 unspecified atom stereocenters. The van der Waals surface area contributed by atoms with E-state index in [0.717, 1.165) is 44.4 Å². The highest BCUT2D eigenvalue weighted by molar-refractivity contribution is 5.89. The topological polar surface area (TPSA) is 75.5 Å². The molecule has 0 saturated carbocycles. The van der Waals surface area contributed by atoms with Crippen molar-refractivity contribution in [3.63, 3.8) is 0 Å². The summed E-state index contributed by atoms with van der Waals surface area (Å²) in [6.07, 6.45) is 5.31. The standard InChI is InChI=1S/C16H20N6O2/c23-16(21-3-4-22-12-17-10-14(22)11-21)19-13-1-2-15(18-9-13)20-5-7-24-8-6-20/h1-2,9-10,12H,3-8,11H2,(H,19,23). The molecular weight excluding hydrogens is 308 g/mol. The summed E-state index contributed by atoms with van der Waals surface area (Å²) in [5.74, 6) is 0.915. The van der Waals surface area contributed by atoms with E-state index < -0.39 is 0 Å². The lowest BCUT2D eigenvalue weighted by Crippen LogP contribution is -2.40. The van der Waals surface area contributed by atoms with Gasteiger partial charge < -0.3 is 24.4 Å². The maximum atomic E-state index is 12.4. The van der Waals surface area contributed by atoms with E-state index in [4.69, 9.17) is 4.74 Å². The number of rotatable bonds is 2. The smallest absolute Gasteiger partial charge is 0.322 e. The first-order valence-corrected chi connectivity index (χ1v) is 8.13. The van der Waals surface area contributed by atoms with Gasteiger partial charge in [0.2, 0.25) is 0 Å². The molecule has 0 radical (unpaired) electrons. The maximum absolute atomic E-state index is 12.4. The Hall–Kier alpha value is -2.61. The van der Waals surface area contributed by atoms with Crippen LogP contribution >= 0.6 is 0 Å². The first-order chi connectivity index (χ1) is 11.8. The molecule has 1 N–H and O–H groups in total. The van der Waals surface area contributed by atoms with Gasteiger partial charge in [0.05, 0.1) is 43.7 Å². The van der Waals surface area contributed by atoms with Crippen LogP contribution in [0.3, 0.4) is 0 Å². The normalized spacial score (nSPS) is 17.5. The molecule has 126 valence electrons. The lowest BCUT2D eigenvalue weighted by atomic mass is 10.3. The number of pyridine rings is 1. The van der Waals surface area contributed by atoms with Gasteiger partial charge >= 0.3 is 6.03 Å². The van der Waals surface area contributed by atoms with Crippen LogP contribution in [0.25, 0.3) is 0 Å². The quantitative estimate of drug-likeness (QED) is 0.895. The van der Waals surface area contributed by atoms with Crippen LogP contribution in [0.5, 0.6) is 0 Å². The fourth-order valence-corrected chi connectivity index (χ4v) is 3.00. The first kappa shape index (κ1) is 14.9. The van der Waals surface area contributed by atoms with Gasteiger partial charge in [-0.2, -0.15) is 0 Å². The van der Waals surface area contributed by atoms with Crippen molar-refractivity contribution < 1.29 is 9.53 Å². The molecule has 8 nitrogen and oxygen atoms in total. The van der Waals surface area contributed by atoms with E-state index in [-0.39, 0.29) is 6.03 Å². The zero-order valence-corrected chi connectivity index (χ0v) is 13.4. The summed E-state index contributed by atoms with van der Waals surface area (Å²) in [5.41, 5.74) is 1.76. The SMILES string of the molecule is O=C(Nc1ccc(N2CCOCC2)nc1)N1CCn2cncc2C1. The third-order valence-corrected chi connectivity index (χ3v) is 4.38. The molecule has 2 aliphatic rings. The molecule has 0 aromatic carbocycles. The second-order valence-electron chi connectivity index (χ2n) is 5.93. The van der Waals surface area contributed by atoms with E-state index in [0.29, 0.717) is 18.8 Å². The van der Waals surface area contributed by atoms with Gasteiger partial charge in [0.1, 0.15) is 5.82 Å². The van der Waals surface area contributed by atoms with Crippen LogP contribution < -0.4 is 10.2 Å². The van der Waals surface area contributed by atoms with Crippen LogP contribution in [0, 0.1) is 0 Å². The highest BCUT2D eigenvalue weighted by Gasteiger charge is 2.21. The third kappa shape index (κ3) is 3.05. The van der Waals surface area contributed by atoms with Gasteiger partial charge in [-0.3, -0.25) is 0 Å². The summed E-state index contributed by atoms with van der Waals surface area (Å²) in [6, 6.07) is 3.72. The molecule has 2 amide bonds. The molecule has 0 bridgehead atoms. The van der Waals surface area contributed by atoms with Crippen molar-refractivity contribution in [3.05, 3.63) is 36.5 Å². The zero-order chi connectivity index (χ0) is 16.4. The molecule has 8 heteroatoms. The molecule has 24 heavy (non-hydrogen) atoms. The van der Waals surface area contributed by atoms with Crippen molar-refractivity contribution in [1.29, 1.82) is 0 Å². The number of hydrogen-bond donors (Lipinski definition) is 1. The Balaban J connectivity index is 1.37. The number of carbonyl (C=O) groups excluding carboxylic acids is 1. The number of hydrogen-bond acceptors (Lipinski definition) is 5. The summed E-state index contributed by atoms with van der Waals surface area (Å²) >= 11 is 0. The van der Waals surface area contributed by atoms with Crippen molar-refractivity contribution in [2.75, 3.05) is 43.1 Å². The van der Waals surface area contributed by atoms with E-state index in [1.165, 1.54) is 0 Å². The predicted molar refractivity (Wildman–Crippen MR) is 88.9 cm³/mol. The van der Waals surface area contributed by atoms with Gasteiger partial charge in [-0.15, -0.1) is 0 Å². The fraction of sp³-hybridized carbons (Fsp3) is 0.438. The number of nitrogens with one attached hydrogen (secondary N) is 1. The number of carbonyl (C=O) groups is 1. The highest BCUT2D eigenvalue weighted by atomic mass is 16.5. The van der Waals surface area contributed by atoms with E-state index in [1.807, 2.05) is 12.1 Å². The molecule has 0 atom stereocenters. The number of ether oxygens (including phenoxy) is 1. The maximum Gasteiger partial charge on any atom is 0.322 e. The van der Waals surface area contributed by atoms with Crippen molar-refractivity contribution in [1.82, 2.24) is 19.4 Å². The van der Waals surface area contributed by atoms with Gasteiger partial charge in [-0.1, -0.05) is 0 Å². The van der Waals surface area contributed by atoms with Crippen LogP contribution in [0.2, 0.25) is 0 Å². The second kappa shape index (κ2) is 6.48. The number of aromatic nitrogens is 3. The summed E-state index contributed by atoms with van der Waals surface area (Å²) in [5, 5.41) is 2.92. The number of anilines is 2. The average Bonchev–Trinajstić information content (AvgIpc) is 3.11. The van der Waals surface area contributed by atoms with E-state index >= 15 is 0 Å². The highest BCUT2D eigenvalue weighted by Crippen LogP contribution is 2.17. The number of nitrogens with zero attached hydrogens (tertiary/aromatic N) is 5.